The van der Waals surface area contributed by atoms with Crippen molar-refractivity contribution in [1.82, 2.24) is 9.80 Å². The van der Waals surface area contributed by atoms with E-state index < -0.39 is 24.0 Å². The van der Waals surface area contributed by atoms with Crippen LogP contribution in [0.2, 0.25) is 0 Å². The van der Waals surface area contributed by atoms with Crippen molar-refractivity contribution < 1.29 is 24.6 Å². The van der Waals surface area contributed by atoms with Gasteiger partial charge in [-0.15, -0.1) is 0 Å². The first kappa shape index (κ1) is 13.6. The summed E-state index contributed by atoms with van der Waals surface area (Å²) in [6, 6.07) is -0.532. The van der Waals surface area contributed by atoms with Crippen LogP contribution in [0.25, 0.3) is 0 Å². The Morgan fingerprint density at radius 3 is 2.47 bits per heavy atom. The number of carbonyl (C=O) groups excluding carboxylic acids is 1. The average Bonchev–Trinajstić information content (AvgIpc) is 2.38. The van der Waals surface area contributed by atoms with Gasteiger partial charge in [0.05, 0.1) is 12.0 Å². The van der Waals surface area contributed by atoms with Crippen LogP contribution in [0.15, 0.2) is 0 Å². The highest BCUT2D eigenvalue weighted by Crippen LogP contribution is 2.26. The zero-order valence-electron chi connectivity index (χ0n) is 10.6. The van der Waals surface area contributed by atoms with Crippen LogP contribution >= 0.6 is 0 Å². The number of piperidine rings is 2. The van der Waals surface area contributed by atoms with E-state index in [1.54, 1.807) is 4.90 Å². The molecule has 0 aromatic rings. The Morgan fingerprint density at radius 1 is 1.16 bits per heavy atom. The lowest BCUT2D eigenvalue weighted by molar-refractivity contribution is -0.150. The maximum Gasteiger partial charge on any atom is 0.407 e. The maximum absolute atomic E-state index is 11.9. The first-order valence-corrected chi connectivity index (χ1v) is 6.51. The molecule has 106 valence electrons. The number of carboxylic acid groups (broad SMARTS) is 2. The number of carboxylic acids is 1. The molecule has 7 nitrogen and oxygen atoms in total. The van der Waals surface area contributed by atoms with Crippen molar-refractivity contribution in [2.45, 2.75) is 31.7 Å². The molecule has 0 spiro atoms. The highest BCUT2D eigenvalue weighted by molar-refractivity contribution is 5.79. The lowest BCUT2D eigenvalue weighted by Gasteiger charge is -2.43. The molecule has 7 heteroatoms. The number of amides is 2. The number of nitrogens with zero attached hydrogens (tertiary/aromatic N) is 2. The summed E-state index contributed by atoms with van der Waals surface area (Å²) in [5, 5.41) is 18.3. The highest BCUT2D eigenvalue weighted by Gasteiger charge is 2.41. The molecule has 2 heterocycles. The number of hydrogen-bond donors (Lipinski definition) is 2. The minimum atomic E-state index is -1.06. The van der Waals surface area contributed by atoms with E-state index in [0.717, 1.165) is 12.8 Å². The molecule has 2 rings (SSSR count). The quantitative estimate of drug-likeness (QED) is 0.759. The third-order valence-corrected chi connectivity index (χ3v) is 3.93. The van der Waals surface area contributed by atoms with E-state index in [2.05, 4.69) is 0 Å². The maximum atomic E-state index is 11.9. The van der Waals surface area contributed by atoms with Crippen molar-refractivity contribution >= 4 is 18.0 Å². The molecule has 0 aromatic heterocycles. The first-order valence-electron chi connectivity index (χ1n) is 6.51. The smallest absolute Gasteiger partial charge is 0.407 e. The number of likely N-dealkylation sites (tertiary alicyclic amines) is 2. The first-order chi connectivity index (χ1) is 9.00. The Balaban J connectivity index is 2.17. The molecule has 2 atom stereocenters. The minimum Gasteiger partial charge on any atom is -0.481 e. The Kier molecular flexibility index (Phi) is 3.92. The van der Waals surface area contributed by atoms with Crippen LogP contribution in [0.5, 0.6) is 0 Å². The van der Waals surface area contributed by atoms with E-state index in [1.165, 1.54) is 4.90 Å². The van der Waals surface area contributed by atoms with Crippen molar-refractivity contribution in [3.63, 3.8) is 0 Å². The molecule has 2 amide bonds. The summed E-state index contributed by atoms with van der Waals surface area (Å²) in [5.74, 6) is -1.68. The van der Waals surface area contributed by atoms with Gasteiger partial charge in [0.2, 0.25) is 5.91 Å². The van der Waals surface area contributed by atoms with Crippen LogP contribution in [0.4, 0.5) is 4.79 Å². The average molecular weight is 270 g/mol. The van der Waals surface area contributed by atoms with Gasteiger partial charge in [0.25, 0.3) is 0 Å². The van der Waals surface area contributed by atoms with Crippen molar-refractivity contribution in [3.8, 4) is 0 Å². The monoisotopic (exact) mass is 270 g/mol. The second-order valence-electron chi connectivity index (χ2n) is 5.07. The zero-order chi connectivity index (χ0) is 14.0. The summed E-state index contributed by atoms with van der Waals surface area (Å²) < 4.78 is 0. The van der Waals surface area contributed by atoms with Crippen LogP contribution < -0.4 is 0 Å². The van der Waals surface area contributed by atoms with E-state index in [4.69, 9.17) is 5.11 Å². The zero-order valence-corrected chi connectivity index (χ0v) is 10.6. The summed E-state index contributed by atoms with van der Waals surface area (Å²) >= 11 is 0. The molecular weight excluding hydrogens is 252 g/mol. The molecule has 2 N–H and O–H groups in total. The lowest BCUT2D eigenvalue weighted by Crippen LogP contribution is -2.58. The van der Waals surface area contributed by atoms with Gasteiger partial charge in [0.15, 0.2) is 0 Å². The summed E-state index contributed by atoms with van der Waals surface area (Å²) in [4.78, 5) is 37.0. The summed E-state index contributed by atoms with van der Waals surface area (Å²) in [6.45, 7) is 0.837. The second-order valence-corrected chi connectivity index (χ2v) is 5.07. The van der Waals surface area contributed by atoms with E-state index >= 15 is 0 Å². The fourth-order valence-corrected chi connectivity index (χ4v) is 2.89. The number of hydrogen-bond acceptors (Lipinski definition) is 3. The highest BCUT2D eigenvalue weighted by atomic mass is 16.4. The fraction of sp³-hybridized carbons (Fsp3) is 0.750. The van der Waals surface area contributed by atoms with Crippen LogP contribution in [0.1, 0.15) is 25.7 Å². The van der Waals surface area contributed by atoms with Gasteiger partial charge in [-0.25, -0.2) is 4.79 Å². The van der Waals surface area contributed by atoms with Gasteiger partial charge in [0, 0.05) is 26.1 Å². The molecule has 2 aliphatic heterocycles. The SMILES string of the molecule is O=C(O)C1CCN(C(=O)O)CC1N1CCCCC1=O. The summed E-state index contributed by atoms with van der Waals surface area (Å²) in [6.07, 6.45) is 1.30. The Bertz CT molecular complexity index is 398. The molecule has 2 aliphatic rings. The van der Waals surface area contributed by atoms with Crippen LogP contribution in [-0.4, -0.2) is 63.7 Å². The molecule has 2 fully saturated rings. The molecule has 0 aliphatic carbocycles. The molecule has 0 saturated carbocycles. The standard InChI is InChI=1S/C12H18N2O5/c15-10-3-1-2-5-14(10)9-7-13(12(18)19)6-4-8(9)11(16)17/h8-9H,1-7H2,(H,16,17)(H,18,19). The molecule has 0 bridgehead atoms. The Hall–Kier alpha value is -1.79. The Morgan fingerprint density at radius 2 is 1.89 bits per heavy atom. The van der Waals surface area contributed by atoms with Gasteiger partial charge < -0.3 is 20.0 Å². The largest absolute Gasteiger partial charge is 0.481 e. The van der Waals surface area contributed by atoms with Crippen LogP contribution in [-0.2, 0) is 9.59 Å². The normalized spacial score (nSPS) is 28.3. The van der Waals surface area contributed by atoms with E-state index in [0.29, 0.717) is 13.0 Å². The van der Waals surface area contributed by atoms with E-state index in [-0.39, 0.29) is 25.4 Å². The van der Waals surface area contributed by atoms with Gasteiger partial charge in [-0.05, 0) is 19.3 Å². The number of aliphatic carboxylic acids is 1. The molecule has 2 saturated heterocycles. The summed E-state index contributed by atoms with van der Waals surface area (Å²) in [7, 11) is 0. The van der Waals surface area contributed by atoms with Gasteiger partial charge in [0.1, 0.15) is 0 Å². The van der Waals surface area contributed by atoms with Gasteiger partial charge in [-0.3, -0.25) is 9.59 Å². The summed E-state index contributed by atoms with van der Waals surface area (Å²) in [5.41, 5.74) is 0. The van der Waals surface area contributed by atoms with E-state index in [9.17, 15) is 19.5 Å². The molecule has 2 unspecified atom stereocenters. The third-order valence-electron chi connectivity index (χ3n) is 3.93. The molecule has 0 aromatic carbocycles. The Labute approximate surface area is 110 Å². The van der Waals surface area contributed by atoms with Gasteiger partial charge >= 0.3 is 12.1 Å². The van der Waals surface area contributed by atoms with Crippen molar-refractivity contribution in [2.24, 2.45) is 5.92 Å². The molecule has 0 radical (unpaired) electrons. The molecular formula is C12H18N2O5. The van der Waals surface area contributed by atoms with Crippen molar-refractivity contribution in [2.75, 3.05) is 19.6 Å². The topological polar surface area (TPSA) is 98.2 Å². The lowest BCUT2D eigenvalue weighted by atomic mass is 9.89. The third kappa shape index (κ3) is 2.80. The van der Waals surface area contributed by atoms with Crippen molar-refractivity contribution in [1.29, 1.82) is 0 Å². The molecule has 19 heavy (non-hydrogen) atoms. The van der Waals surface area contributed by atoms with E-state index in [1.807, 2.05) is 0 Å². The van der Waals surface area contributed by atoms with Gasteiger partial charge in [-0.2, -0.15) is 0 Å². The number of carbonyl (C=O) groups is 3. The van der Waals surface area contributed by atoms with Crippen molar-refractivity contribution in [3.05, 3.63) is 0 Å². The fourth-order valence-electron chi connectivity index (χ4n) is 2.89. The van der Waals surface area contributed by atoms with Gasteiger partial charge in [-0.1, -0.05) is 0 Å². The van der Waals surface area contributed by atoms with Crippen LogP contribution in [0, 0.1) is 5.92 Å². The van der Waals surface area contributed by atoms with Crippen LogP contribution in [0.3, 0.4) is 0 Å². The predicted molar refractivity (Wildman–Crippen MR) is 64.7 cm³/mol. The second kappa shape index (κ2) is 5.46. The minimum absolute atomic E-state index is 0.0604. The predicted octanol–water partition coefficient (Wildman–Crippen LogP) is 0.452. The number of rotatable bonds is 2.